The zero-order valence-corrected chi connectivity index (χ0v) is 9.56. The van der Waals surface area contributed by atoms with Crippen LogP contribution in [0.3, 0.4) is 0 Å². The molecule has 0 aliphatic heterocycles. The number of hydrogen-bond donors (Lipinski definition) is 1. The molecular weight excluding hydrogens is 258 g/mol. The van der Waals surface area contributed by atoms with Crippen LogP contribution in [-0.4, -0.2) is 51.8 Å². The van der Waals surface area contributed by atoms with Crippen LogP contribution in [0.2, 0.25) is 0 Å². The summed E-state index contributed by atoms with van der Waals surface area (Å²) >= 11 is 0. The highest BCUT2D eigenvalue weighted by atomic mass is 19.3. The Labute approximate surface area is 100 Å². The molecule has 0 aliphatic carbocycles. The van der Waals surface area contributed by atoms with Crippen molar-refractivity contribution in [3.05, 3.63) is 11.9 Å². The van der Waals surface area contributed by atoms with Gasteiger partial charge in [-0.25, -0.2) is 8.78 Å². The maximum atomic E-state index is 12.4. The smallest absolute Gasteiger partial charge is 0.330 e. The third-order valence-corrected chi connectivity index (χ3v) is 2.02. The molecular formula is C9H13F4N3O2. The highest BCUT2D eigenvalue weighted by molar-refractivity contribution is 4.93. The van der Waals surface area contributed by atoms with Crippen LogP contribution in [0.15, 0.2) is 6.20 Å². The molecule has 1 atom stereocenters. The molecule has 1 rings (SSSR count). The molecule has 0 bridgehead atoms. The summed E-state index contributed by atoms with van der Waals surface area (Å²) in [6, 6.07) is 0. The van der Waals surface area contributed by atoms with Gasteiger partial charge in [-0.15, -0.1) is 5.10 Å². The molecule has 1 aromatic heterocycles. The third-order valence-electron chi connectivity index (χ3n) is 2.02. The summed E-state index contributed by atoms with van der Waals surface area (Å²) in [4.78, 5) is 0. The van der Waals surface area contributed by atoms with E-state index in [0.29, 0.717) is 5.69 Å². The standard InChI is InChI=1S/C9H13F4N3O2/c1-16-3-6(14-15-16)2-7(17)4-18-5-9(12,13)8(10)11/h3,7-8,17H,2,4-5H2,1H3. The Morgan fingerprint density at radius 1 is 1.50 bits per heavy atom. The quantitative estimate of drug-likeness (QED) is 0.739. The first-order valence-electron chi connectivity index (χ1n) is 5.08. The van der Waals surface area contributed by atoms with E-state index in [4.69, 9.17) is 0 Å². The van der Waals surface area contributed by atoms with Crippen molar-refractivity contribution in [2.24, 2.45) is 7.05 Å². The number of nitrogens with zero attached hydrogens (tertiary/aromatic N) is 3. The van der Waals surface area contributed by atoms with E-state index in [0.717, 1.165) is 0 Å². The maximum absolute atomic E-state index is 12.4. The number of hydrogen-bond acceptors (Lipinski definition) is 4. The molecule has 0 saturated carbocycles. The molecule has 9 heteroatoms. The number of aryl methyl sites for hydroxylation is 1. The number of aromatic nitrogens is 3. The third kappa shape index (κ3) is 4.57. The monoisotopic (exact) mass is 271 g/mol. The van der Waals surface area contributed by atoms with Gasteiger partial charge < -0.3 is 9.84 Å². The van der Waals surface area contributed by atoms with Crippen molar-refractivity contribution in [3.63, 3.8) is 0 Å². The van der Waals surface area contributed by atoms with Gasteiger partial charge in [0, 0.05) is 19.7 Å². The molecule has 0 aliphatic rings. The first kappa shape index (κ1) is 14.8. The summed E-state index contributed by atoms with van der Waals surface area (Å²) in [5, 5.41) is 16.7. The summed E-state index contributed by atoms with van der Waals surface area (Å²) in [6.45, 7) is -1.90. The minimum absolute atomic E-state index is 0.0497. The van der Waals surface area contributed by atoms with Crippen molar-refractivity contribution >= 4 is 0 Å². The van der Waals surface area contributed by atoms with Gasteiger partial charge in [-0.2, -0.15) is 8.78 Å². The van der Waals surface area contributed by atoms with E-state index < -0.39 is 31.7 Å². The molecule has 0 spiro atoms. The van der Waals surface area contributed by atoms with Gasteiger partial charge in [-0.1, -0.05) is 5.21 Å². The molecule has 104 valence electrons. The molecule has 18 heavy (non-hydrogen) atoms. The Balaban J connectivity index is 2.27. The van der Waals surface area contributed by atoms with E-state index >= 15 is 0 Å². The van der Waals surface area contributed by atoms with Gasteiger partial charge in [0.15, 0.2) is 0 Å². The molecule has 0 fully saturated rings. The van der Waals surface area contributed by atoms with E-state index in [1.807, 2.05) is 0 Å². The predicted octanol–water partition coefficient (Wildman–Crippen LogP) is 0.635. The molecule has 0 aromatic carbocycles. The van der Waals surface area contributed by atoms with Crippen molar-refractivity contribution in [3.8, 4) is 0 Å². The Morgan fingerprint density at radius 2 is 2.17 bits per heavy atom. The molecule has 1 unspecified atom stereocenters. The van der Waals surface area contributed by atoms with Gasteiger partial charge in [-0.3, -0.25) is 4.68 Å². The van der Waals surface area contributed by atoms with Gasteiger partial charge in [0.05, 0.1) is 18.4 Å². The molecule has 1 N–H and O–H groups in total. The predicted molar refractivity (Wildman–Crippen MR) is 52.5 cm³/mol. The van der Waals surface area contributed by atoms with Crippen molar-refractivity contribution in [2.45, 2.75) is 24.9 Å². The second kappa shape index (κ2) is 6.10. The lowest BCUT2D eigenvalue weighted by Gasteiger charge is -2.16. The SMILES string of the molecule is Cn1cc(CC(O)COCC(F)(F)C(F)F)nn1. The van der Waals surface area contributed by atoms with E-state index in [2.05, 4.69) is 15.0 Å². The fraction of sp³-hybridized carbons (Fsp3) is 0.778. The largest absolute Gasteiger partial charge is 0.390 e. The van der Waals surface area contributed by atoms with Gasteiger partial charge >= 0.3 is 12.3 Å². The lowest BCUT2D eigenvalue weighted by atomic mass is 10.2. The average Bonchev–Trinajstić information content (AvgIpc) is 2.63. The number of ether oxygens (including phenoxy) is 1. The lowest BCUT2D eigenvalue weighted by Crippen LogP contribution is -2.34. The summed E-state index contributed by atoms with van der Waals surface area (Å²) < 4.78 is 54.2. The lowest BCUT2D eigenvalue weighted by molar-refractivity contribution is -0.170. The molecule has 1 heterocycles. The minimum atomic E-state index is -4.20. The van der Waals surface area contributed by atoms with Gasteiger partial charge in [0.25, 0.3) is 0 Å². The Kier molecular flexibility index (Phi) is 5.03. The van der Waals surface area contributed by atoms with Crippen LogP contribution in [0.5, 0.6) is 0 Å². The molecule has 5 nitrogen and oxygen atoms in total. The van der Waals surface area contributed by atoms with Crippen LogP contribution in [0.1, 0.15) is 5.69 Å². The topological polar surface area (TPSA) is 60.2 Å². The number of aliphatic hydroxyl groups excluding tert-OH is 1. The normalized spacial score (nSPS) is 14.2. The van der Waals surface area contributed by atoms with Crippen LogP contribution in [0, 0.1) is 0 Å². The van der Waals surface area contributed by atoms with Crippen LogP contribution in [0.25, 0.3) is 0 Å². The van der Waals surface area contributed by atoms with Crippen LogP contribution >= 0.6 is 0 Å². The highest BCUT2D eigenvalue weighted by Gasteiger charge is 2.41. The minimum Gasteiger partial charge on any atom is -0.390 e. The van der Waals surface area contributed by atoms with Crippen LogP contribution in [0.4, 0.5) is 17.6 Å². The molecule has 0 saturated heterocycles. The fourth-order valence-corrected chi connectivity index (χ4v) is 1.18. The Bertz CT molecular complexity index is 372. The zero-order valence-electron chi connectivity index (χ0n) is 9.56. The van der Waals surface area contributed by atoms with Crippen LogP contribution in [-0.2, 0) is 18.2 Å². The van der Waals surface area contributed by atoms with Crippen LogP contribution < -0.4 is 0 Å². The highest BCUT2D eigenvalue weighted by Crippen LogP contribution is 2.22. The summed E-state index contributed by atoms with van der Waals surface area (Å²) in [7, 11) is 1.63. The molecule has 1 aromatic rings. The van der Waals surface area contributed by atoms with Gasteiger partial charge in [-0.05, 0) is 0 Å². The number of aliphatic hydroxyl groups is 1. The summed E-state index contributed by atoms with van der Waals surface area (Å²) in [6.07, 6.45) is -3.30. The van der Waals surface area contributed by atoms with Crippen molar-refractivity contribution in [2.75, 3.05) is 13.2 Å². The maximum Gasteiger partial charge on any atom is 0.330 e. The first-order valence-corrected chi connectivity index (χ1v) is 5.08. The van der Waals surface area contributed by atoms with E-state index in [9.17, 15) is 22.7 Å². The van der Waals surface area contributed by atoms with Gasteiger partial charge in [0.2, 0.25) is 0 Å². The number of rotatable bonds is 7. The number of halogens is 4. The van der Waals surface area contributed by atoms with E-state index in [1.54, 1.807) is 7.05 Å². The first-order chi connectivity index (χ1) is 8.31. The Morgan fingerprint density at radius 3 is 2.67 bits per heavy atom. The fourth-order valence-electron chi connectivity index (χ4n) is 1.18. The van der Waals surface area contributed by atoms with Crippen molar-refractivity contribution < 1.29 is 27.4 Å². The Hall–Kier alpha value is -1.22. The van der Waals surface area contributed by atoms with E-state index in [1.165, 1.54) is 10.9 Å². The average molecular weight is 271 g/mol. The second-order valence-corrected chi connectivity index (χ2v) is 3.82. The van der Waals surface area contributed by atoms with Gasteiger partial charge in [0.1, 0.15) is 6.61 Å². The molecule has 0 radical (unpaired) electrons. The van der Waals surface area contributed by atoms with Crippen molar-refractivity contribution in [1.29, 1.82) is 0 Å². The summed E-state index contributed by atoms with van der Waals surface area (Å²) in [5.41, 5.74) is 0.453. The van der Waals surface area contributed by atoms with Crippen molar-refractivity contribution in [1.82, 2.24) is 15.0 Å². The second-order valence-electron chi connectivity index (χ2n) is 3.82. The zero-order chi connectivity index (χ0) is 13.8. The molecule has 0 amide bonds. The summed E-state index contributed by atoms with van der Waals surface area (Å²) in [5.74, 6) is -4.20. The van der Waals surface area contributed by atoms with E-state index in [-0.39, 0.29) is 6.42 Å². The number of alkyl halides is 4.